The lowest BCUT2D eigenvalue weighted by Crippen LogP contribution is -2.49. The number of carbonyl (C=O) groups excluding carboxylic acids is 2. The molecular weight excluding hydrogens is 580 g/mol. The normalized spacial score (nSPS) is 15.7. The predicted molar refractivity (Wildman–Crippen MR) is 182 cm³/mol. The molecule has 0 aromatic heterocycles. The van der Waals surface area contributed by atoms with Gasteiger partial charge in [-0.05, 0) is 78.3 Å². The summed E-state index contributed by atoms with van der Waals surface area (Å²) in [6.07, 6.45) is 5.06. The smallest absolute Gasteiger partial charge is 0.254 e. The molecule has 4 aromatic carbocycles. The molecule has 230 valence electrons. The van der Waals surface area contributed by atoms with E-state index >= 15 is 0 Å². The summed E-state index contributed by atoms with van der Waals surface area (Å²) in [7, 11) is 0. The van der Waals surface area contributed by atoms with E-state index < -0.39 is 0 Å². The molecule has 1 unspecified atom stereocenters. The molecule has 45 heavy (non-hydrogen) atoms. The standard InChI is InChI=1S/C38H39ClN4O2/c1-3-4-17-33(40)35(21-26-12-6-5-7-13-26)42-37(44)29-22-28(32-16-8-9-18-34(32)41-2)23-30(24-29)38(45)43-20-11-19-36(43)27-14-10-15-31(39)25-27/h5-10,12-16,18,22-25,33,35-36H,3-4,11,17,19-21,40H2,1H3,(H,42,44)/t33-,35-,36?/m0/s1. The first-order chi connectivity index (χ1) is 21.9. The van der Waals surface area contributed by atoms with Crippen molar-refractivity contribution in [2.75, 3.05) is 6.54 Å². The van der Waals surface area contributed by atoms with Crippen molar-refractivity contribution >= 4 is 29.1 Å². The number of halogens is 1. The third-order valence-electron chi connectivity index (χ3n) is 8.55. The van der Waals surface area contributed by atoms with Crippen LogP contribution in [0.1, 0.15) is 76.9 Å². The number of carbonyl (C=O) groups is 2. The highest BCUT2D eigenvalue weighted by molar-refractivity contribution is 6.30. The van der Waals surface area contributed by atoms with Crippen LogP contribution >= 0.6 is 11.6 Å². The van der Waals surface area contributed by atoms with E-state index in [2.05, 4.69) is 17.1 Å². The number of amides is 2. The van der Waals surface area contributed by atoms with Gasteiger partial charge in [-0.3, -0.25) is 9.59 Å². The van der Waals surface area contributed by atoms with Crippen LogP contribution in [0.15, 0.2) is 97.1 Å². The van der Waals surface area contributed by atoms with E-state index in [1.165, 1.54) is 0 Å². The van der Waals surface area contributed by atoms with Crippen molar-refractivity contribution < 1.29 is 9.59 Å². The zero-order chi connectivity index (χ0) is 31.8. The summed E-state index contributed by atoms with van der Waals surface area (Å²) < 4.78 is 0. The van der Waals surface area contributed by atoms with Crippen LogP contribution < -0.4 is 11.1 Å². The van der Waals surface area contributed by atoms with Gasteiger partial charge in [0.25, 0.3) is 11.8 Å². The maximum atomic E-state index is 14.2. The van der Waals surface area contributed by atoms with Gasteiger partial charge in [-0.2, -0.15) is 0 Å². The zero-order valence-electron chi connectivity index (χ0n) is 25.6. The summed E-state index contributed by atoms with van der Waals surface area (Å²) >= 11 is 6.30. The molecule has 0 aliphatic carbocycles. The molecule has 2 amide bonds. The van der Waals surface area contributed by atoms with Gasteiger partial charge in [0.05, 0.1) is 12.6 Å². The van der Waals surface area contributed by atoms with Crippen LogP contribution in [0, 0.1) is 6.57 Å². The lowest BCUT2D eigenvalue weighted by molar-refractivity contribution is 0.0735. The Morgan fingerprint density at radius 3 is 2.51 bits per heavy atom. The van der Waals surface area contributed by atoms with Crippen molar-refractivity contribution in [3.63, 3.8) is 0 Å². The number of rotatable bonds is 11. The van der Waals surface area contributed by atoms with E-state index in [4.69, 9.17) is 23.9 Å². The summed E-state index contributed by atoms with van der Waals surface area (Å²) in [5.41, 5.74) is 11.3. The van der Waals surface area contributed by atoms with Crippen molar-refractivity contribution in [1.29, 1.82) is 0 Å². The lowest BCUT2D eigenvalue weighted by Gasteiger charge is -2.27. The Kier molecular flexibility index (Phi) is 10.7. The topological polar surface area (TPSA) is 79.8 Å². The highest BCUT2D eigenvalue weighted by Crippen LogP contribution is 2.36. The third-order valence-corrected chi connectivity index (χ3v) is 8.78. The Morgan fingerprint density at radius 1 is 1.00 bits per heavy atom. The number of nitrogens with one attached hydrogen (secondary N) is 1. The molecule has 1 saturated heterocycles. The first kappa shape index (κ1) is 32.0. The Bertz CT molecular complexity index is 1680. The first-order valence-electron chi connectivity index (χ1n) is 15.7. The predicted octanol–water partition coefficient (Wildman–Crippen LogP) is 8.39. The Hall–Kier alpha value is -4.44. The number of benzene rings is 4. The molecule has 3 N–H and O–H groups in total. The van der Waals surface area contributed by atoms with Crippen molar-refractivity contribution in [1.82, 2.24) is 10.2 Å². The number of nitrogens with two attached hydrogens (primary N) is 1. The minimum atomic E-state index is -0.299. The summed E-state index contributed by atoms with van der Waals surface area (Å²) in [6.45, 7) is 10.5. The molecule has 1 heterocycles. The number of unbranched alkanes of at least 4 members (excludes halogenated alkanes) is 1. The summed E-state index contributed by atoms with van der Waals surface area (Å²) in [5, 5.41) is 3.84. The maximum Gasteiger partial charge on any atom is 0.254 e. The van der Waals surface area contributed by atoms with Crippen LogP contribution in [0.5, 0.6) is 0 Å². The first-order valence-corrected chi connectivity index (χ1v) is 16.0. The van der Waals surface area contributed by atoms with Gasteiger partial charge < -0.3 is 16.0 Å². The molecule has 0 bridgehead atoms. The van der Waals surface area contributed by atoms with Crippen LogP contribution in [0.3, 0.4) is 0 Å². The average molecular weight is 619 g/mol. The molecule has 1 aliphatic rings. The second-order valence-corrected chi connectivity index (χ2v) is 12.2. The molecule has 0 radical (unpaired) electrons. The van der Waals surface area contributed by atoms with Crippen molar-refractivity contribution in [2.45, 2.75) is 63.6 Å². The van der Waals surface area contributed by atoms with Gasteiger partial charge in [0, 0.05) is 34.8 Å². The quantitative estimate of drug-likeness (QED) is 0.166. The lowest BCUT2D eigenvalue weighted by atomic mass is 9.94. The zero-order valence-corrected chi connectivity index (χ0v) is 26.3. The van der Waals surface area contributed by atoms with Gasteiger partial charge in [0.1, 0.15) is 0 Å². The molecular formula is C38H39ClN4O2. The minimum absolute atomic E-state index is 0.112. The number of hydrogen-bond donors (Lipinski definition) is 2. The summed E-state index contributed by atoms with van der Waals surface area (Å²) in [4.78, 5) is 33.8. The largest absolute Gasteiger partial charge is 0.347 e. The summed E-state index contributed by atoms with van der Waals surface area (Å²) in [5.74, 6) is -0.457. The molecule has 1 aliphatic heterocycles. The van der Waals surface area contributed by atoms with E-state index in [9.17, 15) is 9.59 Å². The van der Waals surface area contributed by atoms with Crippen molar-refractivity contribution in [3.8, 4) is 11.1 Å². The van der Waals surface area contributed by atoms with E-state index in [1.54, 1.807) is 24.3 Å². The van der Waals surface area contributed by atoms with E-state index in [0.717, 1.165) is 43.2 Å². The van der Waals surface area contributed by atoms with Gasteiger partial charge >= 0.3 is 0 Å². The molecule has 7 heteroatoms. The number of nitrogens with zero attached hydrogens (tertiary/aromatic N) is 2. The minimum Gasteiger partial charge on any atom is -0.347 e. The second-order valence-electron chi connectivity index (χ2n) is 11.7. The molecule has 6 nitrogen and oxygen atoms in total. The fourth-order valence-electron chi connectivity index (χ4n) is 6.16. The molecule has 3 atom stereocenters. The van der Waals surface area contributed by atoms with Gasteiger partial charge in [-0.15, -0.1) is 0 Å². The molecule has 0 spiro atoms. The van der Waals surface area contributed by atoms with Crippen molar-refractivity contribution in [3.05, 3.63) is 136 Å². The maximum absolute atomic E-state index is 14.2. The number of likely N-dealkylation sites (tertiary alicyclic amines) is 1. The average Bonchev–Trinajstić information content (AvgIpc) is 3.57. The number of hydrogen-bond acceptors (Lipinski definition) is 3. The molecule has 5 rings (SSSR count). The van der Waals surface area contributed by atoms with E-state index in [1.807, 2.05) is 77.7 Å². The fourth-order valence-corrected chi connectivity index (χ4v) is 6.36. The van der Waals surface area contributed by atoms with Crippen LogP contribution in [0.4, 0.5) is 5.69 Å². The molecule has 1 fully saturated rings. The van der Waals surface area contributed by atoms with Crippen LogP contribution in [0.25, 0.3) is 16.0 Å². The molecule has 0 saturated carbocycles. The van der Waals surface area contributed by atoms with Crippen LogP contribution in [0.2, 0.25) is 5.02 Å². The van der Waals surface area contributed by atoms with Gasteiger partial charge in [0.15, 0.2) is 5.69 Å². The highest BCUT2D eigenvalue weighted by atomic mass is 35.5. The van der Waals surface area contributed by atoms with E-state index in [0.29, 0.717) is 45.9 Å². The fraction of sp³-hybridized carbons (Fsp3) is 0.289. The Labute approximate surface area is 271 Å². The monoisotopic (exact) mass is 618 g/mol. The van der Waals surface area contributed by atoms with E-state index in [-0.39, 0.29) is 29.9 Å². The summed E-state index contributed by atoms with van der Waals surface area (Å²) in [6, 6.07) is 29.5. The third kappa shape index (κ3) is 7.81. The van der Waals surface area contributed by atoms with Crippen molar-refractivity contribution in [2.24, 2.45) is 5.73 Å². The second kappa shape index (κ2) is 15.0. The Balaban J connectivity index is 1.51. The van der Waals surface area contributed by atoms with Gasteiger partial charge in [-0.25, -0.2) is 4.85 Å². The van der Waals surface area contributed by atoms with Crippen LogP contribution in [-0.4, -0.2) is 35.3 Å². The van der Waals surface area contributed by atoms with Gasteiger partial charge in [0.2, 0.25) is 0 Å². The SMILES string of the molecule is [C-]#[N+]c1ccccc1-c1cc(C(=O)N[C@@H](Cc2ccccc2)[C@@H](N)CCCC)cc(C(=O)N2CCCC2c2cccc(Cl)c2)c1. The highest BCUT2D eigenvalue weighted by Gasteiger charge is 2.32. The molecule has 4 aromatic rings. The Morgan fingerprint density at radius 2 is 1.76 bits per heavy atom. The number of para-hydroxylation sites is 1. The van der Waals surface area contributed by atoms with Gasteiger partial charge in [-0.1, -0.05) is 98.1 Å². The van der Waals surface area contributed by atoms with Crippen LogP contribution in [-0.2, 0) is 6.42 Å².